The van der Waals surface area contributed by atoms with Crippen molar-refractivity contribution in [2.75, 3.05) is 20.0 Å². The Hall–Kier alpha value is -2.05. The van der Waals surface area contributed by atoms with Crippen LogP contribution in [0.25, 0.3) is 0 Å². The van der Waals surface area contributed by atoms with E-state index in [2.05, 4.69) is 45.0 Å². The maximum atomic E-state index is 13.9. The fourth-order valence-electron chi connectivity index (χ4n) is 4.19. The van der Waals surface area contributed by atoms with Crippen molar-refractivity contribution in [3.8, 4) is 11.5 Å². The Morgan fingerprint density at radius 2 is 1.52 bits per heavy atom. The maximum absolute atomic E-state index is 13.9. The van der Waals surface area contributed by atoms with Gasteiger partial charge in [-0.3, -0.25) is 9.69 Å². The summed E-state index contributed by atoms with van der Waals surface area (Å²) in [6.07, 6.45) is 0.718. The van der Waals surface area contributed by atoms with Crippen molar-refractivity contribution < 1.29 is 14.3 Å². The Labute approximate surface area is 195 Å². The van der Waals surface area contributed by atoms with E-state index in [9.17, 15) is 4.79 Å². The molecule has 1 aliphatic heterocycles. The van der Waals surface area contributed by atoms with Gasteiger partial charge < -0.3 is 9.47 Å². The van der Waals surface area contributed by atoms with E-state index in [4.69, 9.17) is 21.7 Å². The fourth-order valence-corrected chi connectivity index (χ4v) is 5.83. The van der Waals surface area contributed by atoms with Crippen LogP contribution >= 0.6 is 24.0 Å². The first-order valence-electron chi connectivity index (χ1n) is 10.7. The van der Waals surface area contributed by atoms with Gasteiger partial charge in [0.1, 0.15) is 15.8 Å². The van der Waals surface area contributed by atoms with Gasteiger partial charge in [0.25, 0.3) is 0 Å². The van der Waals surface area contributed by atoms with Crippen LogP contribution in [0.5, 0.6) is 11.5 Å². The highest BCUT2D eigenvalue weighted by Crippen LogP contribution is 2.39. The summed E-state index contributed by atoms with van der Waals surface area (Å²) in [5.74, 6) is 2.63. The number of nitrogens with zero attached hydrogens (tertiary/aromatic N) is 1. The van der Waals surface area contributed by atoms with Crippen molar-refractivity contribution in [1.82, 2.24) is 4.90 Å². The predicted molar refractivity (Wildman–Crippen MR) is 132 cm³/mol. The SMILES string of the molecule is CC[C@@H](C(=O)N1C(=S)SC[C@@H]1C(C)C)C(c1ccc(OC)cc1)c1ccc(OC)cc1. The van der Waals surface area contributed by atoms with Crippen molar-refractivity contribution in [3.63, 3.8) is 0 Å². The van der Waals surface area contributed by atoms with E-state index in [1.807, 2.05) is 29.2 Å². The molecule has 4 nitrogen and oxygen atoms in total. The molecule has 2 aromatic carbocycles. The molecule has 0 spiro atoms. The average molecular weight is 458 g/mol. The lowest BCUT2D eigenvalue weighted by molar-refractivity contribution is -0.133. The van der Waals surface area contributed by atoms with E-state index in [0.29, 0.717) is 10.2 Å². The highest BCUT2D eigenvalue weighted by molar-refractivity contribution is 8.23. The van der Waals surface area contributed by atoms with Crippen molar-refractivity contribution in [3.05, 3.63) is 59.7 Å². The molecule has 0 saturated carbocycles. The molecule has 1 amide bonds. The van der Waals surface area contributed by atoms with Gasteiger partial charge in [-0.25, -0.2) is 0 Å². The summed E-state index contributed by atoms with van der Waals surface area (Å²) in [5.41, 5.74) is 2.18. The molecule has 0 radical (unpaired) electrons. The Morgan fingerprint density at radius 1 is 1.03 bits per heavy atom. The number of amides is 1. The molecule has 1 heterocycles. The maximum Gasteiger partial charge on any atom is 0.232 e. The molecule has 0 bridgehead atoms. The van der Waals surface area contributed by atoms with E-state index in [0.717, 1.165) is 34.8 Å². The molecule has 6 heteroatoms. The van der Waals surface area contributed by atoms with Gasteiger partial charge in [-0.15, -0.1) is 0 Å². The summed E-state index contributed by atoms with van der Waals surface area (Å²) in [6.45, 7) is 6.40. The third kappa shape index (κ3) is 5.07. The minimum atomic E-state index is -0.223. The van der Waals surface area contributed by atoms with E-state index < -0.39 is 0 Å². The molecule has 1 saturated heterocycles. The van der Waals surface area contributed by atoms with Crippen molar-refractivity contribution >= 4 is 34.2 Å². The zero-order valence-corrected chi connectivity index (χ0v) is 20.5. The second-order valence-electron chi connectivity index (χ2n) is 8.14. The predicted octanol–water partition coefficient (Wildman–Crippen LogP) is 5.75. The van der Waals surface area contributed by atoms with Crippen LogP contribution < -0.4 is 9.47 Å². The summed E-state index contributed by atoms with van der Waals surface area (Å²) in [4.78, 5) is 15.8. The zero-order valence-electron chi connectivity index (χ0n) is 18.8. The van der Waals surface area contributed by atoms with E-state index >= 15 is 0 Å². The molecule has 1 fully saturated rings. The first-order valence-corrected chi connectivity index (χ1v) is 12.1. The Balaban J connectivity index is 2.04. The molecule has 0 unspecified atom stereocenters. The second kappa shape index (κ2) is 10.5. The van der Waals surface area contributed by atoms with Crippen LogP contribution in [0, 0.1) is 11.8 Å². The zero-order chi connectivity index (χ0) is 22.5. The quantitative estimate of drug-likeness (QED) is 0.472. The first kappa shape index (κ1) is 23.6. The van der Waals surface area contributed by atoms with Crippen LogP contribution in [0.3, 0.4) is 0 Å². The monoisotopic (exact) mass is 457 g/mol. The minimum absolute atomic E-state index is 0.0875. The highest BCUT2D eigenvalue weighted by Gasteiger charge is 2.41. The van der Waals surface area contributed by atoms with Gasteiger partial charge in [-0.2, -0.15) is 0 Å². The van der Waals surface area contributed by atoms with Crippen LogP contribution in [-0.2, 0) is 4.79 Å². The normalized spacial score (nSPS) is 17.3. The number of carbonyl (C=O) groups excluding carboxylic acids is 1. The number of hydrogen-bond acceptors (Lipinski definition) is 5. The molecule has 1 aliphatic rings. The number of carbonyl (C=O) groups is 1. The van der Waals surface area contributed by atoms with Gasteiger partial charge in [-0.05, 0) is 47.7 Å². The van der Waals surface area contributed by atoms with Gasteiger partial charge in [0.05, 0.1) is 14.2 Å². The number of thiocarbonyl (C=S) groups is 1. The standard InChI is InChI=1S/C25H31NO3S2/c1-6-21(24(27)26-22(16(2)3)15-31-25(26)30)23(17-7-11-19(28-4)12-8-17)18-9-13-20(29-5)14-10-18/h7-14,16,21-23H,6,15H2,1-5H3/t21-,22-/m1/s1. The number of ether oxygens (including phenoxy) is 2. The van der Waals surface area contributed by atoms with Crippen LogP contribution in [-0.4, -0.2) is 41.1 Å². The third-order valence-electron chi connectivity index (χ3n) is 6.02. The van der Waals surface area contributed by atoms with Crippen LogP contribution in [0.2, 0.25) is 0 Å². The van der Waals surface area contributed by atoms with Gasteiger partial charge in [-0.1, -0.05) is 69.0 Å². The van der Waals surface area contributed by atoms with Crippen molar-refractivity contribution in [2.45, 2.75) is 39.2 Å². The van der Waals surface area contributed by atoms with Crippen LogP contribution in [0.15, 0.2) is 48.5 Å². The number of benzene rings is 2. The number of rotatable bonds is 8. The molecule has 166 valence electrons. The van der Waals surface area contributed by atoms with E-state index in [-0.39, 0.29) is 23.8 Å². The summed E-state index contributed by atoms with van der Waals surface area (Å²) in [7, 11) is 3.32. The average Bonchev–Trinajstić information content (AvgIpc) is 3.19. The van der Waals surface area contributed by atoms with Gasteiger partial charge in [0.15, 0.2) is 0 Å². The van der Waals surface area contributed by atoms with Crippen molar-refractivity contribution in [2.24, 2.45) is 11.8 Å². The molecular weight excluding hydrogens is 426 g/mol. The summed E-state index contributed by atoms with van der Waals surface area (Å²) < 4.78 is 11.4. The smallest absolute Gasteiger partial charge is 0.232 e. The lowest BCUT2D eigenvalue weighted by Crippen LogP contribution is -2.46. The molecule has 2 atom stereocenters. The van der Waals surface area contributed by atoms with Crippen LogP contribution in [0.4, 0.5) is 0 Å². The van der Waals surface area contributed by atoms with Gasteiger partial charge >= 0.3 is 0 Å². The number of hydrogen-bond donors (Lipinski definition) is 0. The fraction of sp³-hybridized carbons (Fsp3) is 0.440. The minimum Gasteiger partial charge on any atom is -0.497 e. The molecule has 3 rings (SSSR count). The first-order chi connectivity index (χ1) is 14.9. The van der Waals surface area contributed by atoms with Crippen molar-refractivity contribution in [1.29, 1.82) is 0 Å². The number of thioether (sulfide) groups is 1. The lowest BCUT2D eigenvalue weighted by Gasteiger charge is -2.34. The molecule has 0 N–H and O–H groups in total. The molecular formula is C25H31NO3S2. The van der Waals surface area contributed by atoms with Gasteiger partial charge in [0, 0.05) is 23.6 Å². The lowest BCUT2D eigenvalue weighted by atomic mass is 9.78. The van der Waals surface area contributed by atoms with Crippen LogP contribution in [0.1, 0.15) is 44.2 Å². The highest BCUT2D eigenvalue weighted by atomic mass is 32.2. The number of methoxy groups -OCH3 is 2. The molecule has 2 aromatic rings. The Bertz CT molecular complexity index is 848. The second-order valence-corrected chi connectivity index (χ2v) is 9.79. The topological polar surface area (TPSA) is 38.8 Å². The third-order valence-corrected chi connectivity index (χ3v) is 7.52. The van der Waals surface area contributed by atoms with Gasteiger partial charge in [0.2, 0.25) is 5.91 Å². The van der Waals surface area contributed by atoms with E-state index in [1.54, 1.807) is 26.0 Å². The summed E-state index contributed by atoms with van der Waals surface area (Å²) in [6, 6.07) is 16.2. The summed E-state index contributed by atoms with van der Waals surface area (Å²) in [5, 5.41) is 0. The molecule has 0 aromatic heterocycles. The summed E-state index contributed by atoms with van der Waals surface area (Å²) >= 11 is 7.22. The largest absolute Gasteiger partial charge is 0.497 e. The Morgan fingerprint density at radius 3 is 1.90 bits per heavy atom. The molecule has 0 aliphatic carbocycles. The molecule has 31 heavy (non-hydrogen) atoms. The van der Waals surface area contributed by atoms with E-state index in [1.165, 1.54) is 0 Å². The Kier molecular flexibility index (Phi) is 8.00.